The van der Waals surface area contributed by atoms with Crippen LogP contribution in [-0.4, -0.2) is 222 Å². The highest BCUT2D eigenvalue weighted by Gasteiger charge is 2.41. The van der Waals surface area contributed by atoms with Gasteiger partial charge in [0, 0.05) is 32.7 Å². The Hall–Kier alpha value is -10.2. The topological polar surface area (TPSA) is 619 Å². The molecule has 2 aliphatic heterocycles. The Morgan fingerprint density at radius 2 is 0.655 bits per heavy atom. The quantitative estimate of drug-likeness (QED) is 0.0166. The highest BCUT2D eigenvalue weighted by molar-refractivity contribution is 6.00. The van der Waals surface area contributed by atoms with Gasteiger partial charge in [-0.25, -0.2) is 0 Å². The van der Waals surface area contributed by atoms with Gasteiger partial charge in [0.25, 0.3) is 0 Å². The molecule has 2 heterocycles. The smallest absolute Gasteiger partial charge is 0.325 e. The lowest BCUT2D eigenvalue weighted by Crippen LogP contribution is -2.60. The monoisotopic (exact) mass is 1230 g/mol. The second-order valence-corrected chi connectivity index (χ2v) is 20.0. The summed E-state index contributed by atoms with van der Waals surface area (Å²) < 4.78 is 0. The number of carboxylic acids is 1. The highest BCUT2D eigenvalue weighted by Crippen LogP contribution is 2.21. The van der Waals surface area contributed by atoms with Gasteiger partial charge in [-0.05, 0) is 103 Å². The summed E-state index contributed by atoms with van der Waals surface area (Å²) in [6.45, 7) is 7.24. The van der Waals surface area contributed by atoms with Gasteiger partial charge in [-0.3, -0.25) is 67.1 Å². The number of carbonyl (C=O) groups is 14. The minimum absolute atomic E-state index is 0.0352. The third-order valence-corrected chi connectivity index (χ3v) is 13.1. The van der Waals surface area contributed by atoms with E-state index in [0.717, 1.165) is 9.80 Å². The van der Waals surface area contributed by atoms with Crippen LogP contribution in [0.3, 0.4) is 0 Å². The summed E-state index contributed by atoms with van der Waals surface area (Å²) in [4.78, 5) is 196. The Bertz CT molecular complexity index is 2810. The first-order chi connectivity index (χ1) is 40.9. The SMILES string of the molecule is C[C@H](N)C(=O)N[C@@H](C)C(=O)N[C@@H](CN=[N+]=[N-])C(=O)N[C@@H](C)C(=O)N[C@@H](C)C(=O)N[C@@H](CN=[N+]=[N-])C(=O)N1CCCC1C(=O)N[C@@H](C)C(=O)N[C@@H](CN=[N+]=[N-])C(=O)N[C@@H](C)C(=O)N[C@@H](C)C(=O)N[C@@H](CN=[N+]=[N-])C(=O)N1CCCC1C(=O)N[C@@H](C)C(=O)O. The molecule has 14 N–H and O–H groups in total. The molecule has 2 rings (SSSR count). The lowest BCUT2D eigenvalue weighted by molar-refractivity contribution is -0.144. The summed E-state index contributed by atoms with van der Waals surface area (Å²) in [5.74, 6) is -13.3. The van der Waals surface area contributed by atoms with Crippen molar-refractivity contribution < 1.29 is 72.2 Å². The van der Waals surface area contributed by atoms with E-state index in [1.54, 1.807) is 0 Å². The number of rotatable bonds is 33. The van der Waals surface area contributed by atoms with Crippen LogP contribution in [0.15, 0.2) is 20.5 Å². The normalized spacial score (nSPS) is 18.2. The van der Waals surface area contributed by atoms with Gasteiger partial charge in [0.05, 0.1) is 32.2 Å². The number of nitrogens with two attached hydrogens (primary N) is 1. The minimum atomic E-state index is -1.68. The van der Waals surface area contributed by atoms with Crippen molar-refractivity contribution in [2.24, 2.45) is 26.2 Å². The van der Waals surface area contributed by atoms with Gasteiger partial charge in [-0.15, -0.1) is 0 Å². The number of carboxylic acid groups (broad SMARTS) is 1. The first-order valence-electron chi connectivity index (χ1n) is 26.9. The molecule has 0 aromatic rings. The molecule has 0 aromatic heterocycles. The van der Waals surface area contributed by atoms with Gasteiger partial charge in [0.15, 0.2) is 0 Å². The molecule has 0 bridgehead atoms. The predicted molar refractivity (Wildman–Crippen MR) is 298 cm³/mol. The van der Waals surface area contributed by atoms with E-state index in [4.69, 9.17) is 27.9 Å². The maximum absolute atomic E-state index is 14.0. The van der Waals surface area contributed by atoms with E-state index in [1.807, 2.05) is 0 Å². The summed E-state index contributed by atoms with van der Waals surface area (Å²) in [5, 5.41) is 48.1. The molecule has 41 nitrogen and oxygen atoms in total. The number of nitrogens with zero attached hydrogens (tertiary/aromatic N) is 14. The van der Waals surface area contributed by atoms with Crippen LogP contribution in [0.1, 0.15) is 81.1 Å². The highest BCUT2D eigenvalue weighted by atomic mass is 16.4. The zero-order valence-corrected chi connectivity index (χ0v) is 48.7. The maximum Gasteiger partial charge on any atom is 0.325 e. The fourth-order valence-electron chi connectivity index (χ4n) is 8.15. The van der Waals surface area contributed by atoms with Gasteiger partial charge in [0.2, 0.25) is 76.8 Å². The Morgan fingerprint density at radius 3 is 0.954 bits per heavy atom. The summed E-state index contributed by atoms with van der Waals surface area (Å²) in [6, 6.07) is -19.4. The van der Waals surface area contributed by atoms with E-state index >= 15 is 0 Å². The molecule has 2 saturated heterocycles. The zero-order valence-electron chi connectivity index (χ0n) is 48.7. The van der Waals surface area contributed by atoms with Crippen molar-refractivity contribution in [2.45, 2.75) is 166 Å². The first kappa shape index (κ1) is 72.9. The molecule has 0 aromatic carbocycles. The number of hydrogen-bond acceptors (Lipinski definition) is 19. The van der Waals surface area contributed by atoms with Gasteiger partial charge >= 0.3 is 5.97 Å². The molecule has 14 atom stereocenters. The van der Waals surface area contributed by atoms with Crippen molar-refractivity contribution in [1.29, 1.82) is 0 Å². The summed E-state index contributed by atoms with van der Waals surface area (Å²) in [7, 11) is 0. The van der Waals surface area contributed by atoms with Gasteiger partial charge in [-0.2, -0.15) is 0 Å². The van der Waals surface area contributed by atoms with Crippen molar-refractivity contribution in [3.8, 4) is 0 Å². The maximum atomic E-state index is 14.0. The van der Waals surface area contributed by atoms with Crippen molar-refractivity contribution >= 4 is 82.8 Å². The van der Waals surface area contributed by atoms with Gasteiger partial charge in [-0.1, -0.05) is 20.5 Å². The molecular formula is C46H72N26O15. The molecule has 2 unspecified atom stereocenters. The number of amides is 13. The molecular weight excluding hydrogens is 1160 g/mol. The largest absolute Gasteiger partial charge is 0.480 e. The number of hydrogen-bond donors (Lipinski definition) is 13. The number of azide groups is 4. The van der Waals surface area contributed by atoms with Gasteiger partial charge in [0.1, 0.15) is 78.5 Å². The van der Waals surface area contributed by atoms with Crippen molar-refractivity contribution in [2.75, 3.05) is 39.3 Å². The van der Waals surface area contributed by atoms with E-state index in [9.17, 15) is 72.2 Å². The molecule has 87 heavy (non-hydrogen) atoms. The number of nitrogens with one attached hydrogen (secondary N) is 11. The molecule has 13 amide bonds. The predicted octanol–water partition coefficient (Wildman–Crippen LogP) is -4.89. The van der Waals surface area contributed by atoms with E-state index in [-0.39, 0.29) is 32.4 Å². The molecule has 2 fully saturated rings. The Balaban J connectivity index is 2.09. The van der Waals surface area contributed by atoms with Crippen LogP contribution < -0.4 is 64.2 Å². The second-order valence-electron chi connectivity index (χ2n) is 20.0. The van der Waals surface area contributed by atoms with Crippen molar-refractivity contribution in [3.63, 3.8) is 0 Å². The van der Waals surface area contributed by atoms with E-state index < -0.39 is 194 Å². The van der Waals surface area contributed by atoms with Crippen LogP contribution in [0.4, 0.5) is 0 Å². The average Bonchev–Trinajstić information content (AvgIpc) is 3.21. The van der Waals surface area contributed by atoms with Crippen molar-refractivity contribution in [3.05, 3.63) is 41.8 Å². The Labute approximate surface area is 495 Å². The lowest BCUT2D eigenvalue weighted by Gasteiger charge is -2.29. The number of aliphatic carboxylic acids is 1. The van der Waals surface area contributed by atoms with Crippen LogP contribution in [0.5, 0.6) is 0 Å². The average molecular weight is 1230 g/mol. The molecule has 0 spiro atoms. The van der Waals surface area contributed by atoms with E-state index in [2.05, 4.69) is 98.6 Å². The molecule has 2 aliphatic rings. The zero-order chi connectivity index (χ0) is 65.8. The van der Waals surface area contributed by atoms with E-state index in [0.29, 0.717) is 6.42 Å². The molecule has 0 aliphatic carbocycles. The van der Waals surface area contributed by atoms with Gasteiger partial charge < -0.3 is 79.1 Å². The molecule has 0 radical (unpaired) electrons. The fraction of sp³-hybridized carbons (Fsp3) is 0.696. The fourth-order valence-corrected chi connectivity index (χ4v) is 8.15. The number of carbonyl (C=O) groups excluding carboxylic acids is 13. The van der Waals surface area contributed by atoms with Crippen LogP contribution in [-0.2, 0) is 67.1 Å². The Kier molecular flexibility index (Phi) is 30.0. The third-order valence-electron chi connectivity index (χ3n) is 13.1. The van der Waals surface area contributed by atoms with Crippen LogP contribution in [0.2, 0.25) is 0 Å². The minimum Gasteiger partial charge on any atom is -0.480 e. The third kappa shape index (κ3) is 23.0. The summed E-state index contributed by atoms with van der Waals surface area (Å²) >= 11 is 0. The Morgan fingerprint density at radius 1 is 0.402 bits per heavy atom. The van der Waals surface area contributed by atoms with Crippen molar-refractivity contribution in [1.82, 2.24) is 68.3 Å². The van der Waals surface area contributed by atoms with Crippen LogP contribution in [0, 0.1) is 0 Å². The van der Waals surface area contributed by atoms with E-state index in [1.165, 1.54) is 55.4 Å². The standard InChI is InChI=1S/C46H72N26O15/c1-19(47)33(73)56-22(4)36(76)63-27(15-52-67-48)40(80)59-20(2)34(74)57-23(5)38(78)65-29(17-54-69-50)44(84)71-13-9-11-31(71)42(82)61-25(7)37(77)64-28(16-53-68-49)41(81)60-21(3)35(75)58-24(6)39(79)66-30(18-55-70-51)45(85)72-14-10-12-32(72)43(83)62-26(8)46(86)87/h19-32H,9-18,47H2,1-8H3,(H,56,73)(H,57,74)(H,58,75)(H,59,80)(H,60,81)(H,61,82)(H,62,83)(H,63,76)(H,64,77)(H,65,78)(H,66,79)(H,86,87)/t19-,20-,21-,22-,23-,24-,25-,26-,27-,28-,29-,30-,31?,32?/m0/s1. The second kappa shape index (κ2) is 35.8. The van der Waals surface area contributed by atoms with Crippen LogP contribution >= 0.6 is 0 Å². The molecule has 476 valence electrons. The molecule has 41 heteroatoms. The summed E-state index contributed by atoms with van der Waals surface area (Å²) in [5.41, 5.74) is 41.4. The molecule has 0 saturated carbocycles. The van der Waals surface area contributed by atoms with Crippen LogP contribution in [0.25, 0.3) is 41.8 Å². The lowest BCUT2D eigenvalue weighted by atomic mass is 10.1. The number of likely N-dealkylation sites (tertiary alicyclic amines) is 2. The first-order valence-corrected chi connectivity index (χ1v) is 26.9. The summed E-state index contributed by atoms with van der Waals surface area (Å²) in [6.07, 6.45) is 0.775.